The summed E-state index contributed by atoms with van der Waals surface area (Å²) in [5, 5.41) is 9.38. The second kappa shape index (κ2) is 15.7. The summed E-state index contributed by atoms with van der Waals surface area (Å²) in [6, 6.07) is 1.78. The number of guanidine groups is 1. The first-order chi connectivity index (χ1) is 12.6. The quantitative estimate of drug-likeness (QED) is 0.176. The molecule has 0 saturated carbocycles. The van der Waals surface area contributed by atoms with Gasteiger partial charge in [-0.25, -0.2) is 0 Å². The SMILES string of the molecule is CN=C(NCCCNC(=O)c1occc1C)NCCN(C)CCCOC.I. The zero-order valence-electron chi connectivity index (χ0n) is 16.8. The van der Waals surface area contributed by atoms with E-state index in [0.29, 0.717) is 12.3 Å². The normalized spacial score (nSPS) is 11.2. The lowest BCUT2D eigenvalue weighted by molar-refractivity contribution is 0.0925. The number of halogens is 1. The third-order valence-electron chi connectivity index (χ3n) is 3.90. The average molecular weight is 495 g/mol. The number of aliphatic imine (C=N–C) groups is 1. The van der Waals surface area contributed by atoms with Crippen molar-refractivity contribution in [2.24, 2.45) is 4.99 Å². The molecule has 1 aromatic rings. The smallest absolute Gasteiger partial charge is 0.287 e. The topological polar surface area (TPSA) is 91.1 Å². The maximum Gasteiger partial charge on any atom is 0.287 e. The van der Waals surface area contributed by atoms with Crippen LogP contribution < -0.4 is 16.0 Å². The number of nitrogens with zero attached hydrogens (tertiary/aromatic N) is 2. The molecule has 0 aliphatic carbocycles. The zero-order valence-corrected chi connectivity index (χ0v) is 19.2. The summed E-state index contributed by atoms with van der Waals surface area (Å²) in [5.74, 6) is 0.972. The van der Waals surface area contributed by atoms with E-state index in [4.69, 9.17) is 9.15 Å². The van der Waals surface area contributed by atoms with Gasteiger partial charge in [0.1, 0.15) is 0 Å². The number of likely N-dealkylation sites (N-methyl/N-ethyl adjacent to an activating group) is 1. The van der Waals surface area contributed by atoms with Crippen LogP contribution in [-0.2, 0) is 4.74 Å². The van der Waals surface area contributed by atoms with Gasteiger partial charge in [-0.2, -0.15) is 0 Å². The third-order valence-corrected chi connectivity index (χ3v) is 3.90. The first-order valence-corrected chi connectivity index (χ1v) is 9.02. The van der Waals surface area contributed by atoms with Crippen LogP contribution in [0.15, 0.2) is 21.7 Å². The number of hydrogen-bond acceptors (Lipinski definition) is 5. The highest BCUT2D eigenvalue weighted by molar-refractivity contribution is 14.0. The van der Waals surface area contributed by atoms with Crippen LogP contribution in [0.1, 0.15) is 29.0 Å². The Balaban J connectivity index is 0.00000676. The van der Waals surface area contributed by atoms with Gasteiger partial charge in [-0.1, -0.05) is 0 Å². The van der Waals surface area contributed by atoms with Gasteiger partial charge in [0.25, 0.3) is 5.91 Å². The Kier molecular flexibility index (Phi) is 14.9. The molecule has 1 aromatic heterocycles. The molecule has 0 unspecified atom stereocenters. The zero-order chi connectivity index (χ0) is 19.2. The van der Waals surface area contributed by atoms with Crippen molar-refractivity contribution in [3.05, 3.63) is 23.7 Å². The Morgan fingerprint density at radius 2 is 1.89 bits per heavy atom. The van der Waals surface area contributed by atoms with E-state index in [1.165, 1.54) is 6.26 Å². The van der Waals surface area contributed by atoms with Crippen LogP contribution in [0, 0.1) is 6.92 Å². The summed E-state index contributed by atoms with van der Waals surface area (Å²) in [4.78, 5) is 18.4. The van der Waals surface area contributed by atoms with E-state index in [9.17, 15) is 4.79 Å². The molecular weight excluding hydrogens is 461 g/mol. The minimum Gasteiger partial charge on any atom is -0.459 e. The minimum atomic E-state index is -0.175. The fourth-order valence-corrected chi connectivity index (χ4v) is 2.36. The fourth-order valence-electron chi connectivity index (χ4n) is 2.36. The van der Waals surface area contributed by atoms with E-state index in [-0.39, 0.29) is 29.9 Å². The van der Waals surface area contributed by atoms with Gasteiger partial charge >= 0.3 is 0 Å². The maximum absolute atomic E-state index is 11.9. The molecule has 3 N–H and O–H groups in total. The highest BCUT2D eigenvalue weighted by Crippen LogP contribution is 2.07. The van der Waals surface area contributed by atoms with Crippen LogP contribution in [0.4, 0.5) is 0 Å². The fraction of sp³-hybridized carbons (Fsp3) is 0.667. The molecule has 0 aliphatic heterocycles. The van der Waals surface area contributed by atoms with Crippen LogP contribution in [0.2, 0.25) is 0 Å². The maximum atomic E-state index is 11.9. The van der Waals surface area contributed by atoms with Gasteiger partial charge in [-0.3, -0.25) is 9.79 Å². The van der Waals surface area contributed by atoms with Crippen molar-refractivity contribution in [2.75, 3.05) is 60.5 Å². The van der Waals surface area contributed by atoms with Crippen LogP contribution in [0.5, 0.6) is 0 Å². The number of aryl methyl sites for hydroxylation is 1. The molecule has 1 rings (SSSR count). The van der Waals surface area contributed by atoms with E-state index >= 15 is 0 Å². The molecule has 8 nitrogen and oxygen atoms in total. The van der Waals surface area contributed by atoms with Crippen molar-refractivity contribution < 1.29 is 13.9 Å². The number of amides is 1. The molecule has 1 heterocycles. The first kappa shape index (κ1) is 25.7. The Bertz CT molecular complexity index is 551. The number of methoxy groups -OCH3 is 1. The summed E-state index contributed by atoms with van der Waals surface area (Å²) in [6.07, 6.45) is 3.35. The van der Waals surface area contributed by atoms with Crippen LogP contribution in [-0.4, -0.2) is 77.3 Å². The lowest BCUT2D eigenvalue weighted by atomic mass is 10.2. The summed E-state index contributed by atoms with van der Waals surface area (Å²) < 4.78 is 10.2. The van der Waals surface area contributed by atoms with Crippen molar-refractivity contribution in [2.45, 2.75) is 19.8 Å². The Labute approximate surface area is 179 Å². The summed E-state index contributed by atoms with van der Waals surface area (Å²) in [7, 11) is 5.57. The highest BCUT2D eigenvalue weighted by atomic mass is 127. The van der Waals surface area contributed by atoms with Gasteiger partial charge in [-0.05, 0) is 32.9 Å². The largest absolute Gasteiger partial charge is 0.459 e. The molecule has 156 valence electrons. The van der Waals surface area contributed by atoms with E-state index < -0.39 is 0 Å². The van der Waals surface area contributed by atoms with E-state index in [1.54, 1.807) is 20.2 Å². The molecule has 0 atom stereocenters. The highest BCUT2D eigenvalue weighted by Gasteiger charge is 2.11. The number of carbonyl (C=O) groups excluding carboxylic acids is 1. The van der Waals surface area contributed by atoms with Crippen molar-refractivity contribution >= 4 is 35.8 Å². The molecule has 0 aliphatic rings. The molecule has 0 bridgehead atoms. The molecule has 9 heteroatoms. The number of furan rings is 1. The molecule has 0 fully saturated rings. The molecular formula is C18H34IN5O3. The van der Waals surface area contributed by atoms with E-state index in [2.05, 4.69) is 32.9 Å². The summed E-state index contributed by atoms with van der Waals surface area (Å²) >= 11 is 0. The number of carbonyl (C=O) groups is 1. The van der Waals surface area contributed by atoms with Gasteiger partial charge in [0.15, 0.2) is 11.7 Å². The van der Waals surface area contributed by atoms with Gasteiger partial charge in [0, 0.05) is 59.1 Å². The monoisotopic (exact) mass is 495 g/mol. The molecule has 27 heavy (non-hydrogen) atoms. The summed E-state index contributed by atoms with van der Waals surface area (Å²) in [5.41, 5.74) is 0.845. The van der Waals surface area contributed by atoms with Crippen LogP contribution in [0.3, 0.4) is 0 Å². The summed E-state index contributed by atoms with van der Waals surface area (Å²) in [6.45, 7) is 6.70. The van der Waals surface area contributed by atoms with E-state index in [1.807, 2.05) is 6.92 Å². The molecule has 0 spiro atoms. The Hall–Kier alpha value is -1.33. The number of ether oxygens (including phenoxy) is 1. The predicted molar refractivity (Wildman–Crippen MR) is 119 cm³/mol. The lowest BCUT2D eigenvalue weighted by Crippen LogP contribution is -2.42. The van der Waals surface area contributed by atoms with Crippen molar-refractivity contribution in [1.29, 1.82) is 0 Å². The second-order valence-electron chi connectivity index (χ2n) is 6.12. The number of rotatable bonds is 12. The lowest BCUT2D eigenvalue weighted by Gasteiger charge is -2.18. The van der Waals surface area contributed by atoms with Gasteiger partial charge < -0.3 is 30.0 Å². The third kappa shape index (κ3) is 11.2. The van der Waals surface area contributed by atoms with Gasteiger partial charge in [-0.15, -0.1) is 24.0 Å². The number of hydrogen-bond donors (Lipinski definition) is 3. The Morgan fingerprint density at radius 1 is 1.19 bits per heavy atom. The van der Waals surface area contributed by atoms with Crippen LogP contribution in [0.25, 0.3) is 0 Å². The van der Waals surface area contributed by atoms with Gasteiger partial charge in [0.05, 0.1) is 6.26 Å². The van der Waals surface area contributed by atoms with Gasteiger partial charge in [0.2, 0.25) is 0 Å². The molecule has 0 radical (unpaired) electrons. The van der Waals surface area contributed by atoms with Crippen molar-refractivity contribution in [1.82, 2.24) is 20.9 Å². The van der Waals surface area contributed by atoms with Crippen molar-refractivity contribution in [3.8, 4) is 0 Å². The Morgan fingerprint density at radius 3 is 2.52 bits per heavy atom. The molecule has 0 aromatic carbocycles. The predicted octanol–water partition coefficient (Wildman–Crippen LogP) is 1.46. The molecule has 0 saturated heterocycles. The average Bonchev–Trinajstić information content (AvgIpc) is 3.06. The minimum absolute atomic E-state index is 0. The second-order valence-corrected chi connectivity index (χ2v) is 6.12. The standard InChI is InChI=1S/C18H33N5O3.HI/c1-15-7-14-26-16(15)17(24)20-8-5-9-21-18(19-2)22-10-12-23(3)11-6-13-25-4;/h7,14H,5-6,8-13H2,1-4H3,(H,20,24)(H2,19,21,22);1H. The van der Waals surface area contributed by atoms with E-state index in [0.717, 1.165) is 57.2 Å². The van der Waals surface area contributed by atoms with Crippen molar-refractivity contribution in [3.63, 3.8) is 0 Å². The van der Waals surface area contributed by atoms with Crippen LogP contribution >= 0.6 is 24.0 Å². The molecule has 1 amide bonds. The first-order valence-electron chi connectivity index (χ1n) is 9.02. The number of nitrogens with one attached hydrogen (secondary N) is 3.